The summed E-state index contributed by atoms with van der Waals surface area (Å²) in [4.78, 5) is 4.07. The summed E-state index contributed by atoms with van der Waals surface area (Å²) in [7, 11) is 0. The van der Waals surface area contributed by atoms with Crippen molar-refractivity contribution >= 4 is 188 Å². The highest BCUT2D eigenvalue weighted by Gasteiger charge is 2.46. The number of hydrogen-bond acceptors (Lipinski definition) is 4. The molecule has 22 aromatic rings. The number of hydrogen-bond donors (Lipinski definition) is 0. The maximum atomic E-state index is 10.3. The van der Waals surface area contributed by atoms with Gasteiger partial charge in [-0.25, -0.2) is 0 Å². The van der Waals surface area contributed by atoms with Gasteiger partial charge in [-0.2, -0.15) is 0 Å². The van der Waals surface area contributed by atoms with Crippen LogP contribution in [0.15, 0.2) is 330 Å². The quantitative estimate of drug-likeness (QED) is 0.149. The monoisotopic (exact) mass is 1580 g/mol. The SMILES string of the molecule is [2H]c1c([2H])c([2H])c(-c2ccc3c(c2)N(c2cccc4c2oc2c(-n5c6ccc(C(C)(C)C)cc6c6cc(C(C)(C)C)ccc65)cccc24)c2cc(-n4c5c([2H])c([2H])c([2H])c([2H])c5c5c([2H])c([2H])c([2H])c([2H])c54)cc4c2B3c2ccc(-n3c5ccc(C(C)(C)C)cc5c5cc(C(C)(C)C)ccc53)cc2N4c2cccc3c2oc2c(-n4c5c([2H])c([2H])c([2H])c([2H])c5c5c([2H])c([2H])c([2H])c([2H])c54)cccc23)c([2H])c1[2H]. The molecule has 0 aliphatic carbocycles. The van der Waals surface area contributed by atoms with E-state index in [-0.39, 0.29) is 98.9 Å². The van der Waals surface area contributed by atoms with E-state index in [1.165, 1.54) is 9.13 Å². The standard InChI is InChI=1S/C112H89BN6O2/c1-109(2,3)68-47-54-92-82(59-68)83-60-69(110(4,5)6)48-55-93(83)114(92)72-51-53-87-101(63-72)119(99-45-27-37-81-78-34-24-42-96(105(78)120-108(81)99)116-90-40-22-18-32-76(90)77-33-19-23-41-91(77)116)103-65-73(115-88-38-20-16-30-74(88)75-31-17-21-39-89(75)115)64-102-104(103)113(87)86-52-46-67(66-28-14-13-15-29-66)58-100(86)118(102)98-44-26-36-80-79-35-25-43-97(106(79)121-107(80)98)117-94-56-49-70(111(7,8)9)61-84(94)85-62-71(112(10,11)12)50-57-95(85)117/h13-65H,1-12H3/i13D,14D,15D,16D,17D,18D,19D,20D,21D,22D,23D,28D,29D,30D,31D,32D,33D,38D,39D,40D,41D. The second kappa shape index (κ2) is 25.3. The van der Waals surface area contributed by atoms with Gasteiger partial charge in [-0.05, 0) is 199 Å². The first-order valence-corrected chi connectivity index (χ1v) is 41.0. The summed E-state index contributed by atoms with van der Waals surface area (Å²) in [6.45, 7) is 25.4. The van der Waals surface area contributed by atoms with Crippen molar-refractivity contribution in [1.29, 1.82) is 0 Å². The number of nitrogens with zero attached hydrogens (tertiary/aromatic N) is 6. The molecule has 24 rings (SSSR count). The largest absolute Gasteiger partial charge is 0.452 e. The highest BCUT2D eigenvalue weighted by atomic mass is 16.3. The van der Waals surface area contributed by atoms with E-state index in [0.29, 0.717) is 89.2 Å². The van der Waals surface area contributed by atoms with Gasteiger partial charge in [0.25, 0.3) is 6.71 Å². The molecular weight excluding hydrogens is 1470 g/mol. The number of para-hydroxylation sites is 8. The zero-order valence-corrected chi connectivity index (χ0v) is 68.6. The van der Waals surface area contributed by atoms with Crippen LogP contribution in [-0.2, 0) is 21.7 Å². The van der Waals surface area contributed by atoms with Gasteiger partial charge < -0.3 is 36.9 Å². The van der Waals surface area contributed by atoms with Crippen LogP contribution >= 0.6 is 0 Å². The molecular formula is C112H89BN6O2. The molecule has 121 heavy (non-hydrogen) atoms. The Bertz CT molecular complexity index is 9280. The molecule has 0 N–H and O–H groups in total. The predicted octanol–water partition coefficient (Wildman–Crippen LogP) is 28.8. The average Bonchev–Trinajstić information content (AvgIpc) is 1.28. The van der Waals surface area contributed by atoms with Crippen molar-refractivity contribution in [2.45, 2.75) is 105 Å². The van der Waals surface area contributed by atoms with Crippen molar-refractivity contribution < 1.29 is 37.6 Å². The van der Waals surface area contributed by atoms with Gasteiger partial charge in [-0.3, -0.25) is 0 Å². The van der Waals surface area contributed by atoms with E-state index in [0.717, 1.165) is 71.3 Å². The lowest BCUT2D eigenvalue weighted by atomic mass is 9.33. The molecule has 0 fully saturated rings. The van der Waals surface area contributed by atoms with Crippen LogP contribution in [-0.4, -0.2) is 25.0 Å². The third-order valence-electron chi connectivity index (χ3n) is 25.3. The van der Waals surface area contributed by atoms with E-state index in [9.17, 15) is 24.7 Å². The number of benzene rings is 16. The van der Waals surface area contributed by atoms with E-state index in [4.69, 9.17) is 12.9 Å². The fourth-order valence-corrected chi connectivity index (χ4v) is 19.4. The Kier molecular flexibility index (Phi) is 11.0. The summed E-state index contributed by atoms with van der Waals surface area (Å²) in [5.41, 5.74) is 13.7. The summed E-state index contributed by atoms with van der Waals surface area (Å²) in [5.74, 6) is 0. The lowest BCUT2D eigenvalue weighted by Gasteiger charge is -2.44. The summed E-state index contributed by atoms with van der Waals surface area (Å²) in [6, 6.07) is 52.6. The molecule has 0 saturated carbocycles. The Balaban J connectivity index is 0.876. The fraction of sp³-hybridized carbons (Fsp3) is 0.143. The van der Waals surface area contributed by atoms with E-state index < -0.39 is 134 Å². The maximum Gasteiger partial charge on any atom is 0.252 e. The van der Waals surface area contributed by atoms with Crippen LogP contribution in [0.3, 0.4) is 0 Å². The predicted molar refractivity (Wildman–Crippen MR) is 513 cm³/mol. The van der Waals surface area contributed by atoms with E-state index in [1.807, 2.05) is 89.8 Å². The maximum absolute atomic E-state index is 10.3. The van der Waals surface area contributed by atoms with E-state index >= 15 is 0 Å². The second-order valence-electron chi connectivity index (χ2n) is 36.5. The Morgan fingerprint density at radius 2 is 0.562 bits per heavy atom. The highest BCUT2D eigenvalue weighted by Crippen LogP contribution is 2.54. The molecule has 8 heterocycles. The van der Waals surface area contributed by atoms with Gasteiger partial charge in [-0.1, -0.05) is 277 Å². The van der Waals surface area contributed by atoms with Crippen LogP contribution in [0.5, 0.6) is 0 Å². The summed E-state index contributed by atoms with van der Waals surface area (Å²) < 4.78 is 223. The highest BCUT2D eigenvalue weighted by molar-refractivity contribution is 7.00. The first kappa shape index (κ1) is 52.7. The number of anilines is 6. The number of rotatable bonds is 7. The van der Waals surface area contributed by atoms with E-state index in [1.54, 1.807) is 18.2 Å². The number of aromatic nitrogens is 4. The number of furan rings is 2. The molecule has 2 aliphatic heterocycles. The summed E-state index contributed by atoms with van der Waals surface area (Å²) in [5, 5.41) is 5.74. The first-order valence-electron chi connectivity index (χ1n) is 51.5. The first-order chi connectivity index (χ1) is 67.3. The Morgan fingerprint density at radius 1 is 0.240 bits per heavy atom. The Labute approximate surface area is 732 Å². The van der Waals surface area contributed by atoms with Gasteiger partial charge in [0.15, 0.2) is 22.3 Å². The van der Waals surface area contributed by atoms with Crippen LogP contribution in [0.4, 0.5) is 34.1 Å². The molecule has 9 heteroatoms. The molecule has 0 unspecified atom stereocenters. The topological polar surface area (TPSA) is 52.5 Å². The lowest BCUT2D eigenvalue weighted by Crippen LogP contribution is -2.61. The molecule has 16 aromatic carbocycles. The fourth-order valence-electron chi connectivity index (χ4n) is 19.4. The Hall–Kier alpha value is -14.0. The summed E-state index contributed by atoms with van der Waals surface area (Å²) >= 11 is 0. The van der Waals surface area contributed by atoms with Gasteiger partial charge in [0.05, 0.1) is 101 Å². The molecule has 0 amide bonds. The van der Waals surface area contributed by atoms with Crippen molar-refractivity contribution in [3.63, 3.8) is 0 Å². The van der Waals surface area contributed by atoms with Crippen molar-refractivity contribution in [2.75, 3.05) is 9.80 Å². The average molecular weight is 1580 g/mol. The minimum Gasteiger partial charge on any atom is -0.452 e. The van der Waals surface area contributed by atoms with Crippen LogP contribution in [0.2, 0.25) is 0 Å². The minimum absolute atomic E-state index is 0.100. The van der Waals surface area contributed by atoms with E-state index in [2.05, 4.69) is 188 Å². The van der Waals surface area contributed by atoms with Gasteiger partial charge in [-0.15, -0.1) is 0 Å². The van der Waals surface area contributed by atoms with Crippen LogP contribution in [0.25, 0.3) is 165 Å². The Morgan fingerprint density at radius 3 is 0.967 bits per heavy atom. The van der Waals surface area contributed by atoms with Gasteiger partial charge in [0.1, 0.15) is 0 Å². The zero-order valence-electron chi connectivity index (χ0n) is 89.6. The van der Waals surface area contributed by atoms with Crippen molar-refractivity contribution in [3.05, 3.63) is 343 Å². The molecule has 2 aliphatic rings. The van der Waals surface area contributed by atoms with Crippen molar-refractivity contribution in [2.24, 2.45) is 0 Å². The zero-order chi connectivity index (χ0) is 100. The van der Waals surface area contributed by atoms with Crippen molar-refractivity contribution in [1.82, 2.24) is 18.3 Å². The van der Waals surface area contributed by atoms with Gasteiger partial charge >= 0.3 is 0 Å². The molecule has 0 atom stereocenters. The second-order valence-corrected chi connectivity index (χ2v) is 36.5. The third-order valence-corrected chi connectivity index (χ3v) is 25.3. The molecule has 6 aromatic heterocycles. The molecule has 0 radical (unpaired) electrons. The van der Waals surface area contributed by atoms with Crippen molar-refractivity contribution in [3.8, 4) is 33.9 Å². The number of fused-ring (bicyclic) bond motifs is 22. The summed E-state index contributed by atoms with van der Waals surface area (Å²) in [6.07, 6.45) is 0. The lowest BCUT2D eigenvalue weighted by molar-refractivity contribution is 0.590. The molecule has 0 saturated heterocycles. The normalized spacial score (nSPS) is 15.8. The van der Waals surface area contributed by atoms with Crippen LogP contribution in [0, 0.1) is 0 Å². The van der Waals surface area contributed by atoms with Gasteiger partial charge in [0, 0.05) is 93.1 Å². The smallest absolute Gasteiger partial charge is 0.252 e. The molecule has 0 spiro atoms. The molecule has 0 bridgehead atoms. The van der Waals surface area contributed by atoms with Crippen LogP contribution in [0.1, 0.15) is 134 Å². The van der Waals surface area contributed by atoms with Crippen LogP contribution < -0.4 is 26.2 Å². The third kappa shape index (κ3) is 10.4. The molecule has 8 nitrogen and oxygen atoms in total. The minimum atomic E-state index is -0.917. The van der Waals surface area contributed by atoms with Gasteiger partial charge in [0.2, 0.25) is 0 Å². The molecule has 582 valence electrons.